The molecule has 45 heavy (non-hydrogen) atoms. The zero-order chi connectivity index (χ0) is 32.6. The van der Waals surface area contributed by atoms with Gasteiger partial charge in [0.05, 0.1) is 41.7 Å². The van der Waals surface area contributed by atoms with Gasteiger partial charge in [0.2, 0.25) is 23.6 Å². The summed E-state index contributed by atoms with van der Waals surface area (Å²) in [6, 6.07) is 11.5. The second kappa shape index (κ2) is 10.2. The monoisotopic (exact) mass is 614 g/mol. The molecule has 2 heterocycles. The topological polar surface area (TPSA) is 154 Å². The van der Waals surface area contributed by atoms with Crippen LogP contribution < -0.4 is 19.3 Å². The second-order valence-electron chi connectivity index (χ2n) is 11.9. The van der Waals surface area contributed by atoms with Gasteiger partial charge in [-0.15, -0.1) is 0 Å². The van der Waals surface area contributed by atoms with Gasteiger partial charge in [0.15, 0.2) is 0 Å². The predicted molar refractivity (Wildman–Crippen MR) is 155 cm³/mol. The van der Waals surface area contributed by atoms with Crippen LogP contribution >= 0.6 is 0 Å². The molecule has 2 aromatic rings. The standard InChI is InChI=1S/C33H30N2O10/c1-6-43-31(42)33-16(2)15-32(5,23-25(33)29(40)34(27(23)38)19-7-11-21(12-8-19)44-17(3)36)24-26(33)30(41)35(28(24)39)20-9-13-22(14-10-20)45-18(4)37/h7-15,23-26H,6H2,1-5H3/t23-,24-,25-,26+,32?,33?/m0/s1. The van der Waals surface area contributed by atoms with Gasteiger partial charge < -0.3 is 14.2 Å². The first-order chi connectivity index (χ1) is 21.3. The number of imide groups is 2. The molecule has 7 rings (SSSR count). The Morgan fingerprint density at radius 2 is 1.07 bits per heavy atom. The quantitative estimate of drug-likeness (QED) is 0.205. The van der Waals surface area contributed by atoms with E-state index in [1.807, 2.05) is 0 Å². The highest BCUT2D eigenvalue weighted by Crippen LogP contribution is 2.71. The SMILES string of the molecule is CCOC(=O)C12C(C)=CC(C)([C@@H]3C(=O)N(c4ccc(OC(C)=O)cc4)C(=O)[C@H]31)[C@@H]1C(=O)N(c3ccc(OC(C)=O)cc3)C(=O)[C@@H]12. The Labute approximate surface area is 257 Å². The van der Waals surface area contributed by atoms with Crippen molar-refractivity contribution in [1.29, 1.82) is 0 Å². The number of amides is 4. The van der Waals surface area contributed by atoms with E-state index in [1.165, 1.54) is 62.4 Å². The number of allylic oxidation sites excluding steroid dienone is 1. The molecule has 0 N–H and O–H groups in total. The third kappa shape index (κ3) is 4.00. The normalized spacial score (nSPS) is 29.8. The largest absolute Gasteiger partial charge is 0.465 e. The summed E-state index contributed by atoms with van der Waals surface area (Å²) >= 11 is 0. The lowest BCUT2D eigenvalue weighted by Gasteiger charge is -2.58. The first-order valence-corrected chi connectivity index (χ1v) is 14.5. The lowest BCUT2D eigenvalue weighted by Crippen LogP contribution is -2.66. The van der Waals surface area contributed by atoms with E-state index in [1.54, 1.807) is 26.8 Å². The third-order valence-electron chi connectivity index (χ3n) is 9.44. The average molecular weight is 615 g/mol. The minimum Gasteiger partial charge on any atom is -0.465 e. The number of nitrogens with zero attached hydrogens (tertiary/aromatic N) is 2. The summed E-state index contributed by atoms with van der Waals surface area (Å²) in [5.41, 5.74) is -2.49. The first-order valence-electron chi connectivity index (χ1n) is 14.5. The smallest absolute Gasteiger partial charge is 0.317 e. The van der Waals surface area contributed by atoms with Crippen LogP contribution in [0.5, 0.6) is 11.5 Å². The fraction of sp³-hybridized carbons (Fsp3) is 0.364. The van der Waals surface area contributed by atoms with Gasteiger partial charge in [-0.3, -0.25) is 33.6 Å². The van der Waals surface area contributed by atoms with Crippen LogP contribution in [0.15, 0.2) is 60.2 Å². The van der Waals surface area contributed by atoms with Crippen molar-refractivity contribution in [3.8, 4) is 11.5 Å². The van der Waals surface area contributed by atoms with Crippen molar-refractivity contribution in [1.82, 2.24) is 0 Å². The van der Waals surface area contributed by atoms with Crippen LogP contribution in [0.3, 0.4) is 0 Å². The van der Waals surface area contributed by atoms with Crippen molar-refractivity contribution in [2.75, 3.05) is 16.4 Å². The number of benzene rings is 2. The maximum atomic E-state index is 14.4. The molecule has 3 aliphatic carbocycles. The van der Waals surface area contributed by atoms with Crippen LogP contribution in [0.1, 0.15) is 34.6 Å². The van der Waals surface area contributed by atoms with E-state index in [2.05, 4.69) is 0 Å². The second-order valence-corrected chi connectivity index (χ2v) is 11.9. The number of hydrogen-bond donors (Lipinski definition) is 0. The molecule has 2 aliphatic heterocycles. The molecule has 2 saturated heterocycles. The summed E-state index contributed by atoms with van der Waals surface area (Å²) in [6.45, 7) is 7.32. The molecule has 3 fully saturated rings. The minimum absolute atomic E-state index is 0.0627. The van der Waals surface area contributed by atoms with E-state index in [0.717, 1.165) is 9.80 Å². The number of hydrogen-bond acceptors (Lipinski definition) is 10. The molecule has 0 spiro atoms. The maximum absolute atomic E-state index is 14.4. The van der Waals surface area contributed by atoms with Gasteiger partial charge in [0.25, 0.3) is 0 Å². The van der Waals surface area contributed by atoms with E-state index in [4.69, 9.17) is 14.2 Å². The highest BCUT2D eigenvalue weighted by Gasteiger charge is 2.82. The summed E-state index contributed by atoms with van der Waals surface area (Å²) in [5, 5.41) is 0. The van der Waals surface area contributed by atoms with Gasteiger partial charge in [0.1, 0.15) is 16.9 Å². The maximum Gasteiger partial charge on any atom is 0.317 e. The fourth-order valence-corrected chi connectivity index (χ4v) is 7.99. The number of ether oxygens (including phenoxy) is 3. The number of rotatable bonds is 6. The molecule has 12 nitrogen and oxygen atoms in total. The molecule has 2 bridgehead atoms. The predicted octanol–water partition coefficient (Wildman–Crippen LogP) is 2.98. The number of anilines is 2. The Morgan fingerprint density at radius 3 is 1.42 bits per heavy atom. The number of esters is 3. The molecule has 2 unspecified atom stereocenters. The van der Waals surface area contributed by atoms with Crippen molar-refractivity contribution >= 4 is 52.9 Å². The summed E-state index contributed by atoms with van der Waals surface area (Å²) in [4.78, 5) is 96.2. The summed E-state index contributed by atoms with van der Waals surface area (Å²) in [6.07, 6.45) is 1.68. The zero-order valence-electron chi connectivity index (χ0n) is 25.2. The van der Waals surface area contributed by atoms with Crippen LogP contribution in [0.4, 0.5) is 11.4 Å². The van der Waals surface area contributed by atoms with E-state index in [0.29, 0.717) is 5.57 Å². The highest BCUT2D eigenvalue weighted by molar-refractivity contribution is 6.29. The molecule has 5 aliphatic rings. The van der Waals surface area contributed by atoms with Crippen molar-refractivity contribution in [2.24, 2.45) is 34.5 Å². The Hall–Kier alpha value is -5.13. The van der Waals surface area contributed by atoms with Gasteiger partial charge >= 0.3 is 17.9 Å². The van der Waals surface area contributed by atoms with Crippen molar-refractivity contribution in [3.63, 3.8) is 0 Å². The van der Waals surface area contributed by atoms with Crippen molar-refractivity contribution in [2.45, 2.75) is 34.6 Å². The Morgan fingerprint density at radius 1 is 0.689 bits per heavy atom. The number of carbonyl (C=O) groups excluding carboxylic acids is 7. The molecule has 6 atom stereocenters. The molecule has 1 saturated carbocycles. The van der Waals surface area contributed by atoms with Crippen LogP contribution in [0.25, 0.3) is 0 Å². The molecule has 0 aromatic heterocycles. The van der Waals surface area contributed by atoms with Crippen LogP contribution in [-0.4, -0.2) is 48.1 Å². The van der Waals surface area contributed by atoms with Gasteiger partial charge in [-0.05, 0) is 62.4 Å². The summed E-state index contributed by atoms with van der Waals surface area (Å²) < 4.78 is 15.7. The summed E-state index contributed by atoms with van der Waals surface area (Å²) in [5.74, 6) is -9.10. The van der Waals surface area contributed by atoms with Crippen LogP contribution in [0, 0.1) is 34.5 Å². The van der Waals surface area contributed by atoms with Gasteiger partial charge in [0, 0.05) is 19.3 Å². The van der Waals surface area contributed by atoms with E-state index in [9.17, 15) is 33.6 Å². The van der Waals surface area contributed by atoms with E-state index in [-0.39, 0.29) is 29.5 Å². The van der Waals surface area contributed by atoms with Crippen LogP contribution in [0.2, 0.25) is 0 Å². The minimum atomic E-state index is -1.93. The molecule has 4 amide bonds. The highest BCUT2D eigenvalue weighted by atomic mass is 16.5. The van der Waals surface area contributed by atoms with Gasteiger partial charge in [-0.2, -0.15) is 0 Å². The molecule has 232 valence electrons. The average Bonchev–Trinajstić information content (AvgIpc) is 3.40. The van der Waals surface area contributed by atoms with Gasteiger partial charge in [-0.25, -0.2) is 9.80 Å². The molecule has 2 aromatic carbocycles. The fourth-order valence-electron chi connectivity index (χ4n) is 7.99. The van der Waals surface area contributed by atoms with Crippen molar-refractivity contribution < 1.29 is 47.8 Å². The zero-order valence-corrected chi connectivity index (χ0v) is 25.2. The Balaban J connectivity index is 1.48. The number of carbonyl (C=O) groups is 7. The molecular formula is C33H30N2O10. The third-order valence-corrected chi connectivity index (χ3v) is 9.44. The van der Waals surface area contributed by atoms with Gasteiger partial charge in [-0.1, -0.05) is 18.6 Å². The van der Waals surface area contributed by atoms with Crippen LogP contribution in [-0.2, 0) is 38.3 Å². The summed E-state index contributed by atoms with van der Waals surface area (Å²) in [7, 11) is 0. The lowest BCUT2D eigenvalue weighted by molar-refractivity contribution is -0.182. The van der Waals surface area contributed by atoms with Crippen molar-refractivity contribution in [3.05, 3.63) is 60.2 Å². The lowest BCUT2D eigenvalue weighted by atomic mass is 9.39. The first kappa shape index (κ1) is 29.9. The Bertz CT molecular complexity index is 1620. The molecule has 0 radical (unpaired) electrons. The molecular weight excluding hydrogens is 584 g/mol. The van der Waals surface area contributed by atoms with E-state index < -0.39 is 76.0 Å². The van der Waals surface area contributed by atoms with E-state index >= 15 is 0 Å². The molecule has 12 heteroatoms. The Kier molecular flexibility index (Phi) is 6.79.